The Kier molecular flexibility index (Phi) is 9.29. The zero-order chi connectivity index (χ0) is 46.1. The average molecular weight is 858 g/mol. The minimum absolute atomic E-state index is 0.0285. The van der Waals surface area contributed by atoms with Crippen LogP contribution in [0.1, 0.15) is 133 Å². The fourth-order valence-electron chi connectivity index (χ4n) is 11.7. The van der Waals surface area contributed by atoms with E-state index in [1.807, 2.05) is 0 Å². The maximum atomic E-state index is 2.58. The lowest BCUT2D eigenvalue weighted by Gasteiger charge is -2.35. The lowest BCUT2D eigenvalue weighted by molar-refractivity contribution is 0.584. The van der Waals surface area contributed by atoms with Gasteiger partial charge in [0.25, 0.3) is 0 Å². The van der Waals surface area contributed by atoms with Crippen LogP contribution in [0.15, 0.2) is 175 Å². The summed E-state index contributed by atoms with van der Waals surface area (Å²) < 4.78 is 0. The number of allylic oxidation sites excluding steroid dienone is 6. The smallest absolute Gasteiger partial charge is 0.0726 e. The molecule has 1 heteroatoms. The Balaban J connectivity index is 1.24. The molecule has 0 aliphatic heterocycles. The first-order chi connectivity index (χ1) is 31.4. The molecule has 1 spiro atoms. The van der Waals surface area contributed by atoms with E-state index in [0.29, 0.717) is 0 Å². The Hall–Kier alpha value is -6.44. The van der Waals surface area contributed by atoms with Crippen LogP contribution in [0.3, 0.4) is 0 Å². The minimum Gasteiger partial charge on any atom is -0.310 e. The summed E-state index contributed by atoms with van der Waals surface area (Å²) in [5, 5.41) is 0. The molecule has 0 atom stereocenters. The van der Waals surface area contributed by atoms with Gasteiger partial charge in [-0.1, -0.05) is 216 Å². The highest BCUT2D eigenvalue weighted by Crippen LogP contribution is 2.65. The predicted molar refractivity (Wildman–Crippen MR) is 282 cm³/mol. The molecule has 4 aliphatic rings. The number of anilines is 3. The van der Waals surface area contributed by atoms with E-state index in [2.05, 4.69) is 251 Å². The Labute approximate surface area is 394 Å². The molecular formula is C65H63N. The van der Waals surface area contributed by atoms with Gasteiger partial charge < -0.3 is 4.90 Å². The van der Waals surface area contributed by atoms with E-state index < -0.39 is 5.41 Å². The van der Waals surface area contributed by atoms with Gasteiger partial charge in [-0.2, -0.15) is 0 Å². The van der Waals surface area contributed by atoms with Crippen LogP contribution in [0.2, 0.25) is 0 Å². The lowest BCUT2D eigenvalue weighted by atomic mass is 9.68. The number of hydrogen-bond donors (Lipinski definition) is 0. The highest BCUT2D eigenvalue weighted by atomic mass is 15.1. The monoisotopic (exact) mass is 857 g/mol. The number of nitrogens with zero attached hydrogens (tertiary/aromatic N) is 1. The summed E-state index contributed by atoms with van der Waals surface area (Å²) >= 11 is 0. The van der Waals surface area contributed by atoms with Crippen molar-refractivity contribution in [1.82, 2.24) is 0 Å². The Morgan fingerprint density at radius 3 is 1.42 bits per heavy atom. The van der Waals surface area contributed by atoms with E-state index in [1.54, 1.807) is 0 Å². The number of fused-ring (bicyclic) bond motifs is 13. The second-order valence-electron chi connectivity index (χ2n) is 22.9. The van der Waals surface area contributed by atoms with E-state index in [1.165, 1.54) is 94.6 Å². The van der Waals surface area contributed by atoms with Gasteiger partial charge in [0, 0.05) is 22.4 Å². The van der Waals surface area contributed by atoms with Crippen molar-refractivity contribution in [2.75, 3.05) is 4.90 Å². The van der Waals surface area contributed by atoms with E-state index in [9.17, 15) is 0 Å². The molecule has 11 rings (SSSR count). The fraction of sp³-hybridized carbons (Fsp3) is 0.262. The lowest BCUT2D eigenvalue weighted by Crippen LogP contribution is -2.28. The van der Waals surface area contributed by atoms with E-state index in [0.717, 1.165) is 23.5 Å². The maximum Gasteiger partial charge on any atom is 0.0726 e. The molecule has 0 amide bonds. The van der Waals surface area contributed by atoms with Crippen LogP contribution in [0, 0.1) is 0 Å². The normalized spacial score (nSPS) is 16.1. The molecule has 1 nitrogen and oxygen atoms in total. The highest BCUT2D eigenvalue weighted by Gasteiger charge is 2.53. The molecule has 0 fully saturated rings. The van der Waals surface area contributed by atoms with Crippen LogP contribution in [-0.4, -0.2) is 0 Å². The third-order valence-electron chi connectivity index (χ3n) is 15.4. The summed E-state index contributed by atoms with van der Waals surface area (Å²) in [5.74, 6) is 0. The van der Waals surface area contributed by atoms with Crippen molar-refractivity contribution < 1.29 is 0 Å². The number of para-hydroxylation sites is 1. The zero-order valence-electron chi connectivity index (χ0n) is 40.8. The van der Waals surface area contributed by atoms with Gasteiger partial charge in [0.05, 0.1) is 11.1 Å². The first-order valence-corrected chi connectivity index (χ1v) is 24.2. The molecule has 0 heterocycles. The van der Waals surface area contributed by atoms with Crippen LogP contribution in [0.25, 0.3) is 39.0 Å². The molecule has 66 heavy (non-hydrogen) atoms. The van der Waals surface area contributed by atoms with Gasteiger partial charge in [-0.05, 0) is 142 Å². The molecule has 0 unspecified atom stereocenters. The van der Waals surface area contributed by atoms with Crippen LogP contribution >= 0.6 is 0 Å². The van der Waals surface area contributed by atoms with Crippen molar-refractivity contribution >= 4 is 22.6 Å². The van der Waals surface area contributed by atoms with Gasteiger partial charge in [0.1, 0.15) is 0 Å². The topological polar surface area (TPSA) is 3.24 Å². The van der Waals surface area contributed by atoms with Gasteiger partial charge >= 0.3 is 0 Å². The quantitative estimate of drug-likeness (QED) is 0.170. The van der Waals surface area contributed by atoms with Crippen molar-refractivity contribution in [3.05, 3.63) is 226 Å². The molecule has 0 aromatic heterocycles. The van der Waals surface area contributed by atoms with Crippen LogP contribution in [0.4, 0.5) is 17.1 Å². The van der Waals surface area contributed by atoms with Gasteiger partial charge in [-0.15, -0.1) is 0 Å². The summed E-state index contributed by atoms with van der Waals surface area (Å²) in [5.41, 5.74) is 25.5. The van der Waals surface area contributed by atoms with Crippen molar-refractivity contribution in [3.8, 4) is 33.4 Å². The molecule has 0 bridgehead atoms. The zero-order valence-corrected chi connectivity index (χ0v) is 40.8. The molecule has 4 aliphatic carbocycles. The molecule has 0 saturated heterocycles. The first kappa shape index (κ1) is 42.2. The summed E-state index contributed by atoms with van der Waals surface area (Å²) in [6, 6.07) is 56.8. The largest absolute Gasteiger partial charge is 0.310 e. The molecule has 7 aromatic rings. The molecule has 7 aromatic carbocycles. The third-order valence-corrected chi connectivity index (χ3v) is 15.4. The fourth-order valence-corrected chi connectivity index (χ4v) is 11.7. The third kappa shape index (κ3) is 6.26. The SMILES string of the molecule is CC(C)(C)c1ccc2c(c1)C1(c3cc(N(c4ccc5c(c4)C(C)(C)C4=CC=CCC=C45)c4ccccc4-c4ccccc4)ccc3-2)c2cc(C(C)(C)C)ccc2-c2ccc(C(C)(C)C)cc21. The summed E-state index contributed by atoms with van der Waals surface area (Å²) in [6.07, 6.45) is 10.2. The predicted octanol–water partition coefficient (Wildman–Crippen LogP) is 17.6. The van der Waals surface area contributed by atoms with Gasteiger partial charge in [-0.25, -0.2) is 0 Å². The molecule has 0 saturated carbocycles. The van der Waals surface area contributed by atoms with E-state index in [4.69, 9.17) is 0 Å². The van der Waals surface area contributed by atoms with Crippen LogP contribution in [0.5, 0.6) is 0 Å². The van der Waals surface area contributed by atoms with Gasteiger partial charge in [0.15, 0.2) is 0 Å². The first-order valence-electron chi connectivity index (χ1n) is 24.2. The van der Waals surface area contributed by atoms with Crippen LogP contribution < -0.4 is 4.90 Å². The van der Waals surface area contributed by atoms with Gasteiger partial charge in [-0.3, -0.25) is 0 Å². The Morgan fingerprint density at radius 1 is 0.439 bits per heavy atom. The average Bonchev–Trinajstić information content (AvgIpc) is 3.70. The molecule has 0 N–H and O–H groups in total. The second kappa shape index (κ2) is 14.5. The Bertz CT molecular complexity index is 3130. The highest BCUT2D eigenvalue weighted by molar-refractivity contribution is 5.98. The van der Waals surface area contributed by atoms with Crippen molar-refractivity contribution in [1.29, 1.82) is 0 Å². The van der Waals surface area contributed by atoms with E-state index in [-0.39, 0.29) is 21.7 Å². The second-order valence-corrected chi connectivity index (χ2v) is 22.9. The molecular weight excluding hydrogens is 795 g/mol. The number of benzene rings is 7. The minimum atomic E-state index is -0.541. The summed E-state index contributed by atoms with van der Waals surface area (Å²) in [6.45, 7) is 26.0. The maximum absolute atomic E-state index is 2.58. The Morgan fingerprint density at radius 2 is 0.894 bits per heavy atom. The van der Waals surface area contributed by atoms with Crippen LogP contribution in [-0.2, 0) is 27.1 Å². The molecule has 328 valence electrons. The summed E-state index contributed by atoms with van der Waals surface area (Å²) in [4.78, 5) is 2.56. The van der Waals surface area contributed by atoms with Crippen molar-refractivity contribution in [2.24, 2.45) is 0 Å². The van der Waals surface area contributed by atoms with Crippen molar-refractivity contribution in [3.63, 3.8) is 0 Å². The number of hydrogen-bond acceptors (Lipinski definition) is 1. The molecule has 0 radical (unpaired) electrons. The van der Waals surface area contributed by atoms with Crippen molar-refractivity contribution in [2.45, 2.75) is 110 Å². The van der Waals surface area contributed by atoms with E-state index >= 15 is 0 Å². The number of rotatable bonds is 4. The van der Waals surface area contributed by atoms with Gasteiger partial charge in [0.2, 0.25) is 0 Å². The standard InChI is InChI=1S/C65H63N/c1-61(2,3)42-26-31-50-51-32-27-43(62(4,5)6)37-57(51)65(56(50)36-42)58-38-44(63(7,8)9)28-33-52(58)53-35-30-46(40-59(53)65)66(60-25-19-18-22-47(60)41-20-14-12-15-21-41)45-29-34-49-48-23-16-13-17-24-54(48)64(10,11)55(49)39-45/h12-15,17-40H,16H2,1-11H3. The summed E-state index contributed by atoms with van der Waals surface area (Å²) in [7, 11) is 0.